The Kier molecular flexibility index (Phi) is 1.99. The molecule has 11 heavy (non-hydrogen) atoms. The summed E-state index contributed by atoms with van der Waals surface area (Å²) in [4.78, 5) is 2.47. The van der Waals surface area contributed by atoms with Crippen molar-refractivity contribution >= 4 is 0 Å². The average molecular weight is 151 g/mol. The molecule has 1 heterocycles. The third kappa shape index (κ3) is 1.48. The molecular weight excluding hydrogens is 134 g/mol. The van der Waals surface area contributed by atoms with Gasteiger partial charge in [0.1, 0.15) is 0 Å². The Morgan fingerprint density at radius 3 is 3.18 bits per heavy atom. The van der Waals surface area contributed by atoms with Crippen LogP contribution in [-0.2, 0) is 0 Å². The van der Waals surface area contributed by atoms with Gasteiger partial charge in [-0.1, -0.05) is 12.2 Å². The van der Waals surface area contributed by atoms with Crippen molar-refractivity contribution in [3.05, 3.63) is 12.2 Å². The highest BCUT2D eigenvalue weighted by molar-refractivity contribution is 4.99. The van der Waals surface area contributed by atoms with E-state index in [4.69, 9.17) is 0 Å². The fourth-order valence-electron chi connectivity index (χ4n) is 2.37. The Balaban J connectivity index is 2.02. The first-order valence-corrected chi connectivity index (χ1v) is 4.71. The highest BCUT2D eigenvalue weighted by Crippen LogP contribution is 2.31. The monoisotopic (exact) mass is 151 g/mol. The van der Waals surface area contributed by atoms with Gasteiger partial charge in [0, 0.05) is 6.54 Å². The molecule has 2 atom stereocenters. The fraction of sp³-hybridized carbons (Fsp3) is 0.800. The van der Waals surface area contributed by atoms with Crippen molar-refractivity contribution in [3.8, 4) is 0 Å². The van der Waals surface area contributed by atoms with Crippen molar-refractivity contribution in [2.45, 2.75) is 19.3 Å². The molecule has 1 nitrogen and oxygen atoms in total. The topological polar surface area (TPSA) is 3.24 Å². The van der Waals surface area contributed by atoms with Gasteiger partial charge in [-0.15, -0.1) is 0 Å². The zero-order valence-electron chi connectivity index (χ0n) is 7.29. The van der Waals surface area contributed by atoms with Crippen LogP contribution in [0.15, 0.2) is 12.2 Å². The van der Waals surface area contributed by atoms with Crippen LogP contribution in [0.3, 0.4) is 0 Å². The lowest BCUT2D eigenvalue weighted by atomic mass is 9.79. The zero-order chi connectivity index (χ0) is 7.68. The molecule has 1 fully saturated rings. The van der Waals surface area contributed by atoms with Gasteiger partial charge in [-0.3, -0.25) is 0 Å². The molecule has 0 unspecified atom stereocenters. The van der Waals surface area contributed by atoms with Crippen LogP contribution in [0.2, 0.25) is 0 Å². The summed E-state index contributed by atoms with van der Waals surface area (Å²) in [6, 6.07) is 0. The van der Waals surface area contributed by atoms with Gasteiger partial charge in [-0.2, -0.15) is 0 Å². The molecule has 62 valence electrons. The average Bonchev–Trinajstić information content (AvgIpc) is 2.04. The van der Waals surface area contributed by atoms with Crippen molar-refractivity contribution in [3.63, 3.8) is 0 Å². The van der Waals surface area contributed by atoms with Gasteiger partial charge >= 0.3 is 0 Å². The van der Waals surface area contributed by atoms with Crippen molar-refractivity contribution < 1.29 is 0 Å². The van der Waals surface area contributed by atoms with Crippen molar-refractivity contribution in [2.24, 2.45) is 11.8 Å². The zero-order valence-corrected chi connectivity index (χ0v) is 7.29. The maximum Gasteiger partial charge on any atom is 0.00124 e. The number of nitrogens with zero attached hydrogens (tertiary/aromatic N) is 1. The summed E-state index contributed by atoms with van der Waals surface area (Å²) in [6.45, 7) is 2.63. The number of rotatable bonds is 0. The van der Waals surface area contributed by atoms with Crippen LogP contribution in [0.4, 0.5) is 0 Å². The van der Waals surface area contributed by atoms with Gasteiger partial charge in [0.25, 0.3) is 0 Å². The molecule has 0 N–H and O–H groups in total. The fourth-order valence-corrected chi connectivity index (χ4v) is 2.37. The minimum atomic E-state index is 0.917. The predicted molar refractivity (Wildman–Crippen MR) is 47.5 cm³/mol. The first kappa shape index (κ1) is 7.35. The van der Waals surface area contributed by atoms with Crippen LogP contribution >= 0.6 is 0 Å². The van der Waals surface area contributed by atoms with E-state index < -0.39 is 0 Å². The van der Waals surface area contributed by atoms with E-state index >= 15 is 0 Å². The number of hydrogen-bond donors (Lipinski definition) is 0. The molecular formula is C10H17N. The van der Waals surface area contributed by atoms with Crippen LogP contribution in [-0.4, -0.2) is 25.0 Å². The summed E-state index contributed by atoms with van der Waals surface area (Å²) in [5.74, 6) is 1.89. The second-order valence-electron chi connectivity index (χ2n) is 3.98. The highest BCUT2D eigenvalue weighted by Gasteiger charge is 2.26. The van der Waals surface area contributed by atoms with E-state index in [0.29, 0.717) is 0 Å². The third-order valence-electron chi connectivity index (χ3n) is 3.08. The molecule has 0 radical (unpaired) electrons. The molecule has 0 spiro atoms. The summed E-state index contributed by atoms with van der Waals surface area (Å²) in [5, 5.41) is 0. The number of fused-ring (bicyclic) bond motifs is 1. The number of likely N-dealkylation sites (tertiary alicyclic amines) is 1. The third-order valence-corrected chi connectivity index (χ3v) is 3.08. The maximum atomic E-state index is 2.47. The van der Waals surface area contributed by atoms with Gasteiger partial charge in [0.15, 0.2) is 0 Å². The van der Waals surface area contributed by atoms with E-state index in [-0.39, 0.29) is 0 Å². The standard InChI is InChI=1S/C10H17N/c1-11-7-6-9-4-2-3-5-10(9)8-11/h2,4,9-10H,3,5-8H2,1H3/t9-,10+/m0/s1. The summed E-state index contributed by atoms with van der Waals surface area (Å²) >= 11 is 0. The predicted octanol–water partition coefficient (Wildman–Crippen LogP) is 1.90. The summed E-state index contributed by atoms with van der Waals surface area (Å²) in [6.07, 6.45) is 8.94. The highest BCUT2D eigenvalue weighted by atomic mass is 15.1. The molecule has 0 aromatic carbocycles. The summed E-state index contributed by atoms with van der Waals surface area (Å²) in [5.41, 5.74) is 0. The van der Waals surface area contributed by atoms with E-state index in [2.05, 4.69) is 24.1 Å². The minimum absolute atomic E-state index is 0.917. The lowest BCUT2D eigenvalue weighted by Gasteiger charge is -2.37. The molecule has 1 saturated heterocycles. The normalized spacial score (nSPS) is 38.6. The summed E-state index contributed by atoms with van der Waals surface area (Å²) < 4.78 is 0. The Hall–Kier alpha value is -0.300. The second kappa shape index (κ2) is 2.98. The van der Waals surface area contributed by atoms with E-state index in [0.717, 1.165) is 11.8 Å². The molecule has 0 bridgehead atoms. The SMILES string of the molecule is CN1CC[C@@H]2C=CCC[C@@H]2C1. The Morgan fingerprint density at radius 2 is 2.27 bits per heavy atom. The van der Waals surface area contributed by atoms with Crippen LogP contribution in [0.1, 0.15) is 19.3 Å². The lowest BCUT2D eigenvalue weighted by Crippen LogP contribution is -2.38. The molecule has 0 aromatic rings. The van der Waals surface area contributed by atoms with Gasteiger partial charge in [-0.25, -0.2) is 0 Å². The van der Waals surface area contributed by atoms with Gasteiger partial charge in [-0.05, 0) is 44.7 Å². The Labute approximate surface area is 69.1 Å². The molecule has 1 aliphatic heterocycles. The number of hydrogen-bond acceptors (Lipinski definition) is 1. The summed E-state index contributed by atoms with van der Waals surface area (Å²) in [7, 11) is 2.24. The molecule has 0 aromatic heterocycles. The van der Waals surface area contributed by atoms with Crippen molar-refractivity contribution in [1.29, 1.82) is 0 Å². The molecule has 2 aliphatic rings. The van der Waals surface area contributed by atoms with Crippen LogP contribution in [0.25, 0.3) is 0 Å². The molecule has 1 aliphatic carbocycles. The first-order chi connectivity index (χ1) is 5.36. The Morgan fingerprint density at radius 1 is 1.36 bits per heavy atom. The van der Waals surface area contributed by atoms with Crippen molar-refractivity contribution in [2.75, 3.05) is 20.1 Å². The smallest absolute Gasteiger partial charge is 0.00124 e. The van der Waals surface area contributed by atoms with Gasteiger partial charge in [0.05, 0.1) is 0 Å². The second-order valence-corrected chi connectivity index (χ2v) is 3.98. The Bertz CT molecular complexity index is 162. The van der Waals surface area contributed by atoms with Crippen LogP contribution < -0.4 is 0 Å². The first-order valence-electron chi connectivity index (χ1n) is 4.71. The van der Waals surface area contributed by atoms with E-state index in [1.807, 2.05) is 0 Å². The molecule has 0 amide bonds. The van der Waals surface area contributed by atoms with E-state index in [9.17, 15) is 0 Å². The maximum absolute atomic E-state index is 2.47. The van der Waals surface area contributed by atoms with Gasteiger partial charge < -0.3 is 4.90 Å². The van der Waals surface area contributed by atoms with E-state index in [1.165, 1.54) is 32.4 Å². The van der Waals surface area contributed by atoms with Crippen LogP contribution in [0.5, 0.6) is 0 Å². The number of piperidine rings is 1. The molecule has 2 rings (SSSR count). The largest absolute Gasteiger partial charge is 0.306 e. The van der Waals surface area contributed by atoms with E-state index in [1.54, 1.807) is 0 Å². The minimum Gasteiger partial charge on any atom is -0.306 e. The number of allylic oxidation sites excluding steroid dienone is 2. The lowest BCUT2D eigenvalue weighted by molar-refractivity contribution is 0.157. The van der Waals surface area contributed by atoms with Gasteiger partial charge in [0.2, 0.25) is 0 Å². The molecule has 0 saturated carbocycles. The van der Waals surface area contributed by atoms with Crippen molar-refractivity contribution in [1.82, 2.24) is 4.90 Å². The van der Waals surface area contributed by atoms with Crippen LogP contribution in [0, 0.1) is 11.8 Å². The molecule has 1 heteroatoms. The quantitative estimate of drug-likeness (QED) is 0.478.